The molecule has 0 aliphatic rings. The van der Waals surface area contributed by atoms with Crippen LogP contribution in [0.3, 0.4) is 0 Å². The molecule has 1 aromatic rings. The zero-order valence-electron chi connectivity index (χ0n) is 10.7. The van der Waals surface area contributed by atoms with Crippen LogP contribution >= 0.6 is 10.7 Å². The van der Waals surface area contributed by atoms with Gasteiger partial charge in [0, 0.05) is 31.0 Å². The highest BCUT2D eigenvalue weighted by molar-refractivity contribution is 8.13. The molecule has 19 heavy (non-hydrogen) atoms. The van der Waals surface area contributed by atoms with Crippen molar-refractivity contribution in [2.45, 2.75) is 11.3 Å². The molecule has 0 aliphatic carbocycles. The van der Waals surface area contributed by atoms with Crippen LogP contribution < -0.4 is 4.74 Å². The fraction of sp³-hybridized carbons (Fsp3) is 0.500. The second-order valence-electron chi connectivity index (χ2n) is 3.72. The Labute approximate surface area is 117 Å². The molecule has 7 heteroatoms. The molecule has 0 bridgehead atoms. The first kappa shape index (κ1) is 16.2. The van der Waals surface area contributed by atoms with Crippen LogP contribution in [0, 0.1) is 0 Å². The van der Waals surface area contributed by atoms with E-state index in [1.807, 2.05) is 0 Å². The van der Waals surface area contributed by atoms with Crippen LogP contribution in [-0.2, 0) is 18.5 Å². The number of hydrogen-bond donors (Lipinski definition) is 0. The van der Waals surface area contributed by atoms with Crippen molar-refractivity contribution >= 4 is 19.7 Å². The maximum absolute atomic E-state index is 11.0. The molecule has 0 radical (unpaired) electrons. The molecule has 0 aromatic heterocycles. The maximum atomic E-state index is 11.0. The van der Waals surface area contributed by atoms with Gasteiger partial charge in [-0.1, -0.05) is 0 Å². The minimum atomic E-state index is -3.68. The van der Waals surface area contributed by atoms with Crippen LogP contribution in [0.1, 0.15) is 6.42 Å². The van der Waals surface area contributed by atoms with Crippen molar-refractivity contribution in [2.75, 3.05) is 33.5 Å². The minimum absolute atomic E-state index is 0.0531. The highest BCUT2D eigenvalue weighted by Crippen LogP contribution is 2.18. The molecule has 0 heterocycles. The van der Waals surface area contributed by atoms with Gasteiger partial charge in [-0.2, -0.15) is 0 Å². The van der Waals surface area contributed by atoms with E-state index in [1.165, 1.54) is 12.1 Å². The van der Waals surface area contributed by atoms with Gasteiger partial charge in [0.2, 0.25) is 0 Å². The Bertz CT molecular complexity index is 458. The molecule has 1 rings (SSSR count). The molecule has 0 atom stereocenters. The Hall–Kier alpha value is -0.820. The van der Waals surface area contributed by atoms with Crippen LogP contribution in [0.4, 0.5) is 0 Å². The van der Waals surface area contributed by atoms with E-state index in [4.69, 9.17) is 24.9 Å². The van der Waals surface area contributed by atoms with Gasteiger partial charge in [-0.3, -0.25) is 0 Å². The third-order valence-corrected chi connectivity index (χ3v) is 3.61. The molecular formula is C12H17ClO5S. The van der Waals surface area contributed by atoms with E-state index in [0.29, 0.717) is 32.2 Å². The van der Waals surface area contributed by atoms with Crippen LogP contribution in [0.5, 0.6) is 5.75 Å². The fourth-order valence-corrected chi connectivity index (χ4v) is 2.09. The molecule has 0 saturated carbocycles. The number of hydrogen-bond acceptors (Lipinski definition) is 5. The molecule has 0 saturated heterocycles. The Morgan fingerprint density at radius 2 is 1.74 bits per heavy atom. The van der Waals surface area contributed by atoms with E-state index in [9.17, 15) is 8.42 Å². The lowest BCUT2D eigenvalue weighted by Gasteiger charge is -2.07. The summed E-state index contributed by atoms with van der Waals surface area (Å²) in [5.74, 6) is 0.574. The third kappa shape index (κ3) is 6.77. The minimum Gasteiger partial charge on any atom is -0.491 e. The summed E-state index contributed by atoms with van der Waals surface area (Å²) in [5.41, 5.74) is 0. The first-order valence-electron chi connectivity index (χ1n) is 5.78. The van der Waals surface area contributed by atoms with Crippen LogP contribution in [0.25, 0.3) is 0 Å². The van der Waals surface area contributed by atoms with Crippen molar-refractivity contribution in [1.29, 1.82) is 0 Å². The second kappa shape index (κ2) is 8.37. The van der Waals surface area contributed by atoms with E-state index in [2.05, 4.69) is 0 Å². The van der Waals surface area contributed by atoms with E-state index in [0.717, 1.165) is 6.42 Å². The molecule has 0 amide bonds. The predicted octanol–water partition coefficient (Wildman–Crippen LogP) is 2.05. The topological polar surface area (TPSA) is 61.8 Å². The highest BCUT2D eigenvalue weighted by atomic mass is 35.7. The Morgan fingerprint density at radius 1 is 1.05 bits per heavy atom. The Morgan fingerprint density at radius 3 is 2.32 bits per heavy atom. The van der Waals surface area contributed by atoms with Gasteiger partial charge < -0.3 is 14.2 Å². The van der Waals surface area contributed by atoms with Gasteiger partial charge in [0.05, 0.1) is 11.5 Å². The number of methoxy groups -OCH3 is 1. The van der Waals surface area contributed by atoms with E-state index >= 15 is 0 Å². The van der Waals surface area contributed by atoms with Crippen LogP contribution in [-0.4, -0.2) is 42.0 Å². The van der Waals surface area contributed by atoms with Gasteiger partial charge in [-0.25, -0.2) is 8.42 Å². The highest BCUT2D eigenvalue weighted by Gasteiger charge is 2.08. The smallest absolute Gasteiger partial charge is 0.261 e. The number of halogens is 1. The molecule has 1 aromatic carbocycles. The van der Waals surface area contributed by atoms with Crippen molar-refractivity contribution in [3.05, 3.63) is 24.3 Å². The normalized spacial score (nSPS) is 11.5. The van der Waals surface area contributed by atoms with E-state index in [-0.39, 0.29) is 4.90 Å². The summed E-state index contributed by atoms with van der Waals surface area (Å²) in [5, 5.41) is 0. The van der Waals surface area contributed by atoms with Crippen molar-refractivity contribution in [2.24, 2.45) is 0 Å². The lowest BCUT2D eigenvalue weighted by molar-refractivity contribution is 0.0806. The summed E-state index contributed by atoms with van der Waals surface area (Å²) < 4.78 is 37.6. The van der Waals surface area contributed by atoms with Gasteiger partial charge >= 0.3 is 0 Å². The fourth-order valence-electron chi connectivity index (χ4n) is 1.32. The van der Waals surface area contributed by atoms with Gasteiger partial charge in [-0.05, 0) is 30.7 Å². The van der Waals surface area contributed by atoms with Crippen molar-refractivity contribution in [3.63, 3.8) is 0 Å². The van der Waals surface area contributed by atoms with Gasteiger partial charge in [-0.15, -0.1) is 0 Å². The van der Waals surface area contributed by atoms with Crippen molar-refractivity contribution < 1.29 is 22.6 Å². The summed E-state index contributed by atoms with van der Waals surface area (Å²) in [6.07, 6.45) is 0.846. The second-order valence-corrected chi connectivity index (χ2v) is 6.28. The summed E-state index contributed by atoms with van der Waals surface area (Å²) in [6.45, 7) is 2.18. The molecule has 0 spiro atoms. The third-order valence-electron chi connectivity index (χ3n) is 2.24. The van der Waals surface area contributed by atoms with Gasteiger partial charge in [0.25, 0.3) is 9.05 Å². The SMILES string of the molecule is COCCCOCCOc1ccc(S(=O)(=O)Cl)cc1. The van der Waals surface area contributed by atoms with Crippen LogP contribution in [0.15, 0.2) is 29.2 Å². The number of benzene rings is 1. The molecule has 108 valence electrons. The molecular weight excluding hydrogens is 292 g/mol. The predicted molar refractivity (Wildman–Crippen MR) is 72.3 cm³/mol. The summed E-state index contributed by atoms with van der Waals surface area (Å²) >= 11 is 0. The van der Waals surface area contributed by atoms with Gasteiger partial charge in [0.15, 0.2) is 0 Å². The standard InChI is InChI=1S/C12H17ClO5S/c1-16-7-2-8-17-9-10-18-11-3-5-12(6-4-11)19(13,14)15/h3-6H,2,7-10H2,1H3. The average molecular weight is 309 g/mol. The Balaban J connectivity index is 2.23. The number of ether oxygens (including phenoxy) is 3. The van der Waals surface area contributed by atoms with Crippen molar-refractivity contribution in [3.8, 4) is 5.75 Å². The van der Waals surface area contributed by atoms with Gasteiger partial charge in [0.1, 0.15) is 12.4 Å². The molecule has 0 unspecified atom stereocenters. The largest absolute Gasteiger partial charge is 0.491 e. The average Bonchev–Trinajstić information content (AvgIpc) is 2.37. The number of rotatable bonds is 9. The quantitative estimate of drug-likeness (QED) is 0.516. The molecule has 5 nitrogen and oxygen atoms in total. The lowest BCUT2D eigenvalue weighted by atomic mass is 10.3. The van der Waals surface area contributed by atoms with E-state index in [1.54, 1.807) is 19.2 Å². The monoisotopic (exact) mass is 308 g/mol. The summed E-state index contributed by atoms with van der Waals surface area (Å²) in [6, 6.07) is 5.91. The first-order valence-corrected chi connectivity index (χ1v) is 8.09. The molecule has 0 aliphatic heterocycles. The van der Waals surface area contributed by atoms with E-state index < -0.39 is 9.05 Å². The zero-order chi connectivity index (χ0) is 14.1. The summed E-state index contributed by atoms with van der Waals surface area (Å²) in [4.78, 5) is 0.0531. The van der Waals surface area contributed by atoms with Crippen LogP contribution in [0.2, 0.25) is 0 Å². The Kier molecular flexibility index (Phi) is 7.15. The molecule has 0 N–H and O–H groups in total. The maximum Gasteiger partial charge on any atom is 0.261 e. The molecule has 0 fully saturated rings. The van der Waals surface area contributed by atoms with Crippen molar-refractivity contribution in [1.82, 2.24) is 0 Å². The lowest BCUT2D eigenvalue weighted by Crippen LogP contribution is -2.08. The zero-order valence-corrected chi connectivity index (χ0v) is 12.2. The first-order chi connectivity index (χ1) is 9.04. The summed E-state index contributed by atoms with van der Waals surface area (Å²) in [7, 11) is 3.17.